The van der Waals surface area contributed by atoms with E-state index in [4.69, 9.17) is 4.99 Å². The quantitative estimate of drug-likeness (QED) is 0.0797. The van der Waals surface area contributed by atoms with Crippen molar-refractivity contribution < 1.29 is 4.57 Å². The van der Waals surface area contributed by atoms with E-state index in [9.17, 15) is 0 Å². The van der Waals surface area contributed by atoms with Gasteiger partial charge in [0.05, 0.1) is 5.75 Å². The number of rotatable bonds is 13. The van der Waals surface area contributed by atoms with Crippen molar-refractivity contribution in [1.29, 1.82) is 0 Å². The van der Waals surface area contributed by atoms with Gasteiger partial charge in [0.15, 0.2) is 18.9 Å². The lowest BCUT2D eigenvalue weighted by Gasteiger charge is -2.19. The summed E-state index contributed by atoms with van der Waals surface area (Å²) >= 11 is 0. The molecule has 0 aliphatic heterocycles. The first-order valence-electron chi connectivity index (χ1n) is 16.5. The molecule has 4 nitrogen and oxygen atoms in total. The first-order chi connectivity index (χ1) is 22.4. The van der Waals surface area contributed by atoms with Crippen LogP contribution in [0.5, 0.6) is 0 Å². The SMILES string of the molecule is C=CC1=C(C=NCCSSCC[n+]2ccc3c(c2)CCC/C3=C\c2ccc(N(C)C)cc2)CCC/C1=C\c1ccc(N(C)C)cc1. The average Bonchev–Trinajstić information content (AvgIpc) is 3.06. The summed E-state index contributed by atoms with van der Waals surface area (Å²) < 4.78 is 2.37. The zero-order chi connectivity index (χ0) is 32.3. The number of nitrogens with zero attached hydrogens (tertiary/aromatic N) is 4. The van der Waals surface area contributed by atoms with E-state index < -0.39 is 0 Å². The molecule has 0 amide bonds. The summed E-state index contributed by atoms with van der Waals surface area (Å²) in [5.74, 6) is 2.12. The van der Waals surface area contributed by atoms with Crippen LogP contribution in [-0.4, -0.2) is 52.5 Å². The van der Waals surface area contributed by atoms with Gasteiger partial charge >= 0.3 is 0 Å². The molecule has 0 saturated carbocycles. The number of benzene rings is 2. The summed E-state index contributed by atoms with van der Waals surface area (Å²) in [6.07, 6.45) is 20.3. The Morgan fingerprint density at radius 2 is 1.37 bits per heavy atom. The molecule has 0 spiro atoms. The van der Waals surface area contributed by atoms with Crippen LogP contribution in [0.2, 0.25) is 0 Å². The van der Waals surface area contributed by atoms with Gasteiger partial charge in [-0.15, -0.1) is 0 Å². The van der Waals surface area contributed by atoms with E-state index >= 15 is 0 Å². The Morgan fingerprint density at radius 3 is 2.02 bits per heavy atom. The summed E-state index contributed by atoms with van der Waals surface area (Å²) in [6, 6.07) is 19.9. The van der Waals surface area contributed by atoms with Gasteiger partial charge in [-0.2, -0.15) is 0 Å². The minimum Gasteiger partial charge on any atom is -0.378 e. The Hall–Kier alpha value is -3.48. The van der Waals surface area contributed by atoms with Crippen LogP contribution < -0.4 is 14.4 Å². The molecule has 0 radical (unpaired) electrons. The molecular formula is C40H49N4S2+. The predicted molar refractivity (Wildman–Crippen MR) is 206 cm³/mol. The highest BCUT2D eigenvalue weighted by Gasteiger charge is 2.18. The molecule has 6 heteroatoms. The summed E-state index contributed by atoms with van der Waals surface area (Å²) in [7, 11) is 12.2. The lowest BCUT2D eigenvalue weighted by Crippen LogP contribution is -2.35. The molecule has 3 aromatic rings. The van der Waals surface area contributed by atoms with Gasteiger partial charge in [-0.05, 0) is 102 Å². The summed E-state index contributed by atoms with van der Waals surface area (Å²) in [4.78, 5) is 9.09. The standard InChI is InChI=1S/C40H49N4S2/c1-6-39-33(27-31-13-17-37(18-14-31)42(2)3)9-7-11-35(39)29-41-22-25-45-46-26-24-44-23-21-40-34(10-8-12-36(40)30-44)28-32-15-19-38(20-16-32)43(4)5/h6,13-21,23,27-30H,1,7-12,22,24-26H2,2-5H3/q+1/b33-27+,41-29?. The first-order valence-corrected chi connectivity index (χ1v) is 19.0. The van der Waals surface area contributed by atoms with Crippen molar-refractivity contribution in [2.24, 2.45) is 4.99 Å². The normalized spacial score (nSPS) is 16.7. The highest BCUT2D eigenvalue weighted by Crippen LogP contribution is 2.33. The van der Waals surface area contributed by atoms with Gasteiger partial charge < -0.3 is 9.80 Å². The third-order valence-electron chi connectivity index (χ3n) is 8.69. The van der Waals surface area contributed by atoms with Crippen LogP contribution in [-0.2, 0) is 13.0 Å². The van der Waals surface area contributed by atoms with Crippen molar-refractivity contribution in [3.05, 3.63) is 119 Å². The molecule has 46 heavy (non-hydrogen) atoms. The summed E-state index contributed by atoms with van der Waals surface area (Å²) in [6.45, 7) is 6.01. The van der Waals surface area contributed by atoms with Crippen LogP contribution in [0.15, 0.2) is 101 Å². The van der Waals surface area contributed by atoms with Gasteiger partial charge in [0.2, 0.25) is 0 Å². The molecule has 1 aromatic heterocycles. The Balaban J connectivity index is 1.08. The number of anilines is 2. The number of aryl methyl sites for hydroxylation is 2. The third-order valence-corrected chi connectivity index (χ3v) is 11.1. The zero-order valence-corrected chi connectivity index (χ0v) is 29.7. The van der Waals surface area contributed by atoms with Crippen molar-refractivity contribution in [2.75, 3.05) is 56.0 Å². The van der Waals surface area contributed by atoms with E-state index in [-0.39, 0.29) is 0 Å². The smallest absolute Gasteiger partial charge is 0.172 e. The van der Waals surface area contributed by atoms with E-state index in [0.29, 0.717) is 0 Å². The molecule has 5 rings (SSSR count). The molecule has 0 bridgehead atoms. The van der Waals surface area contributed by atoms with E-state index in [1.807, 2.05) is 27.7 Å². The first kappa shape index (κ1) is 33.9. The van der Waals surface area contributed by atoms with Crippen LogP contribution >= 0.6 is 21.6 Å². The second-order valence-electron chi connectivity index (χ2n) is 12.5. The second-order valence-corrected chi connectivity index (χ2v) is 15.2. The van der Waals surface area contributed by atoms with E-state index in [2.05, 4.69) is 134 Å². The molecule has 1 heterocycles. The fourth-order valence-corrected chi connectivity index (χ4v) is 8.01. The number of allylic oxidation sites excluding steroid dienone is 5. The molecule has 2 aliphatic rings. The van der Waals surface area contributed by atoms with Crippen molar-refractivity contribution in [2.45, 2.75) is 45.1 Å². The second kappa shape index (κ2) is 16.9. The molecule has 0 saturated heterocycles. The Morgan fingerprint density at radius 1 is 0.761 bits per heavy atom. The maximum absolute atomic E-state index is 4.81. The van der Waals surface area contributed by atoms with Crippen molar-refractivity contribution in [3.8, 4) is 0 Å². The Labute approximate surface area is 285 Å². The lowest BCUT2D eigenvalue weighted by molar-refractivity contribution is -0.692. The molecule has 2 aromatic carbocycles. The van der Waals surface area contributed by atoms with Crippen LogP contribution in [0.1, 0.15) is 54.4 Å². The lowest BCUT2D eigenvalue weighted by atomic mass is 9.86. The predicted octanol–water partition coefficient (Wildman–Crippen LogP) is 9.19. The van der Waals surface area contributed by atoms with E-state index in [0.717, 1.165) is 56.7 Å². The fourth-order valence-electron chi connectivity index (χ4n) is 6.15. The van der Waals surface area contributed by atoms with Gasteiger partial charge in [0, 0.05) is 69.7 Å². The van der Waals surface area contributed by atoms with Crippen LogP contribution in [0, 0.1) is 0 Å². The zero-order valence-electron chi connectivity index (χ0n) is 28.0. The third kappa shape index (κ3) is 9.29. The Kier molecular flexibility index (Phi) is 12.4. The molecule has 0 unspecified atom stereocenters. The summed E-state index contributed by atoms with van der Waals surface area (Å²) in [5.41, 5.74) is 13.3. The molecule has 0 N–H and O–H groups in total. The molecular weight excluding hydrogens is 601 g/mol. The van der Waals surface area contributed by atoms with Crippen LogP contribution in [0.4, 0.5) is 11.4 Å². The highest BCUT2D eigenvalue weighted by molar-refractivity contribution is 8.76. The maximum Gasteiger partial charge on any atom is 0.172 e. The highest BCUT2D eigenvalue weighted by atomic mass is 33.1. The van der Waals surface area contributed by atoms with E-state index in [1.165, 1.54) is 62.3 Å². The largest absolute Gasteiger partial charge is 0.378 e. The van der Waals surface area contributed by atoms with Crippen molar-refractivity contribution in [1.82, 2.24) is 0 Å². The minimum absolute atomic E-state index is 0.843. The van der Waals surface area contributed by atoms with Crippen LogP contribution in [0.25, 0.3) is 17.7 Å². The number of aromatic nitrogens is 1. The van der Waals surface area contributed by atoms with Gasteiger partial charge in [-0.1, -0.05) is 70.7 Å². The number of fused-ring (bicyclic) bond motifs is 1. The summed E-state index contributed by atoms with van der Waals surface area (Å²) in [5, 5.41) is 0. The van der Waals surface area contributed by atoms with Gasteiger partial charge in [0.1, 0.15) is 0 Å². The van der Waals surface area contributed by atoms with Gasteiger partial charge in [-0.25, -0.2) is 4.57 Å². The number of hydrogen-bond donors (Lipinski definition) is 0. The molecule has 2 aliphatic carbocycles. The number of pyridine rings is 1. The van der Waals surface area contributed by atoms with Crippen molar-refractivity contribution in [3.63, 3.8) is 0 Å². The maximum atomic E-state index is 4.81. The average molecular weight is 650 g/mol. The number of hydrogen-bond acceptors (Lipinski definition) is 5. The monoisotopic (exact) mass is 649 g/mol. The minimum atomic E-state index is 0.843. The topological polar surface area (TPSA) is 22.7 Å². The van der Waals surface area contributed by atoms with Crippen LogP contribution in [0.3, 0.4) is 0 Å². The molecule has 0 atom stereocenters. The van der Waals surface area contributed by atoms with Crippen molar-refractivity contribution >= 4 is 56.9 Å². The molecule has 0 fully saturated rings. The van der Waals surface area contributed by atoms with Gasteiger partial charge in [-0.3, -0.25) is 4.99 Å². The van der Waals surface area contributed by atoms with Gasteiger partial charge in [0.25, 0.3) is 0 Å². The Bertz CT molecular complexity index is 1600. The fraction of sp³-hybridized carbons (Fsp3) is 0.350. The number of aliphatic imine (C=N–C) groups is 1. The van der Waals surface area contributed by atoms with E-state index in [1.54, 1.807) is 0 Å². The molecule has 240 valence electrons.